The highest BCUT2D eigenvalue weighted by Crippen LogP contribution is 2.36. The zero-order valence-electron chi connectivity index (χ0n) is 11.3. The molecule has 6 nitrogen and oxygen atoms in total. The monoisotopic (exact) mass is 277 g/mol. The minimum atomic E-state index is -0.756. The second-order valence-corrected chi connectivity index (χ2v) is 4.86. The molecule has 1 aliphatic rings. The second-order valence-electron chi connectivity index (χ2n) is 4.86. The quantitative estimate of drug-likeness (QED) is 0.820. The van der Waals surface area contributed by atoms with Crippen LogP contribution in [0.15, 0.2) is 35.9 Å². The van der Waals surface area contributed by atoms with Crippen molar-refractivity contribution in [3.05, 3.63) is 41.4 Å². The van der Waals surface area contributed by atoms with E-state index >= 15 is 0 Å². The molecule has 106 valence electrons. The number of hydrogen-bond donors (Lipinski definition) is 2. The maximum absolute atomic E-state index is 12.1. The van der Waals surface area contributed by atoms with Gasteiger partial charge in [-0.15, -0.1) is 0 Å². The van der Waals surface area contributed by atoms with Crippen LogP contribution < -0.4 is 4.98 Å². The molecule has 2 unspecified atom stereocenters. The SMILES string of the molecule is CC(=O)C1=C(O)C(=O)N(CC(C)O)C1c1ccc[nH+]c1. The van der Waals surface area contributed by atoms with Gasteiger partial charge < -0.3 is 15.1 Å². The lowest BCUT2D eigenvalue weighted by Gasteiger charge is -2.26. The molecule has 0 saturated heterocycles. The molecule has 20 heavy (non-hydrogen) atoms. The number of aliphatic hydroxyl groups excluding tert-OH is 2. The molecular formula is C14H17N2O4+. The first-order valence-corrected chi connectivity index (χ1v) is 6.32. The highest BCUT2D eigenvalue weighted by Gasteiger charge is 2.43. The number of carbonyl (C=O) groups is 2. The molecular weight excluding hydrogens is 260 g/mol. The van der Waals surface area contributed by atoms with Crippen molar-refractivity contribution in [1.82, 2.24) is 4.90 Å². The van der Waals surface area contributed by atoms with Crippen molar-refractivity contribution in [3.63, 3.8) is 0 Å². The van der Waals surface area contributed by atoms with Gasteiger partial charge in [-0.1, -0.05) is 0 Å². The molecule has 0 bridgehead atoms. The number of carbonyl (C=O) groups excluding carboxylic acids is 2. The van der Waals surface area contributed by atoms with E-state index in [9.17, 15) is 19.8 Å². The van der Waals surface area contributed by atoms with E-state index in [2.05, 4.69) is 4.98 Å². The van der Waals surface area contributed by atoms with Gasteiger partial charge in [-0.05, 0) is 19.9 Å². The van der Waals surface area contributed by atoms with Gasteiger partial charge in [0.15, 0.2) is 23.9 Å². The third-order valence-corrected chi connectivity index (χ3v) is 3.19. The number of Topliss-reactive ketones (excluding diaryl/α,β-unsaturated/α-hetero) is 1. The number of aromatic amines is 1. The predicted octanol–water partition coefficient (Wildman–Crippen LogP) is 0.166. The first kappa shape index (κ1) is 14.2. The van der Waals surface area contributed by atoms with Gasteiger partial charge >= 0.3 is 0 Å². The predicted molar refractivity (Wildman–Crippen MR) is 69.5 cm³/mol. The van der Waals surface area contributed by atoms with Crippen LogP contribution >= 0.6 is 0 Å². The number of aliphatic hydroxyl groups is 2. The second kappa shape index (κ2) is 5.42. The first-order chi connectivity index (χ1) is 9.43. The number of rotatable bonds is 4. The van der Waals surface area contributed by atoms with Crippen molar-refractivity contribution in [2.75, 3.05) is 6.54 Å². The van der Waals surface area contributed by atoms with Crippen LogP contribution in [-0.4, -0.2) is 39.5 Å². The summed E-state index contributed by atoms with van der Waals surface area (Å²) >= 11 is 0. The Morgan fingerprint density at radius 3 is 2.75 bits per heavy atom. The minimum Gasteiger partial charge on any atom is -0.503 e. The number of aromatic nitrogens is 1. The first-order valence-electron chi connectivity index (χ1n) is 6.32. The Morgan fingerprint density at radius 2 is 2.25 bits per heavy atom. The smallest absolute Gasteiger partial charge is 0.290 e. The van der Waals surface area contributed by atoms with Crippen LogP contribution in [0.25, 0.3) is 0 Å². The van der Waals surface area contributed by atoms with Gasteiger partial charge in [-0.25, -0.2) is 4.98 Å². The number of nitrogens with zero attached hydrogens (tertiary/aromatic N) is 1. The maximum Gasteiger partial charge on any atom is 0.290 e. The van der Waals surface area contributed by atoms with Crippen LogP contribution in [0, 0.1) is 0 Å². The number of amides is 1. The number of pyridine rings is 1. The van der Waals surface area contributed by atoms with Crippen molar-refractivity contribution < 1.29 is 24.8 Å². The fraction of sp³-hybridized carbons (Fsp3) is 0.357. The Morgan fingerprint density at radius 1 is 1.55 bits per heavy atom. The summed E-state index contributed by atoms with van der Waals surface area (Å²) in [5.74, 6) is -1.53. The summed E-state index contributed by atoms with van der Waals surface area (Å²) in [6.45, 7) is 2.90. The van der Waals surface area contributed by atoms with Crippen molar-refractivity contribution in [2.45, 2.75) is 26.0 Å². The van der Waals surface area contributed by atoms with Gasteiger partial charge in [0.1, 0.15) is 0 Å². The van der Waals surface area contributed by atoms with E-state index in [1.165, 1.54) is 11.8 Å². The van der Waals surface area contributed by atoms with Crippen molar-refractivity contribution in [3.8, 4) is 0 Å². The van der Waals surface area contributed by atoms with Crippen LogP contribution in [0.5, 0.6) is 0 Å². The number of ketones is 1. The Balaban J connectivity index is 2.50. The average molecular weight is 277 g/mol. The van der Waals surface area contributed by atoms with E-state index in [1.807, 2.05) is 0 Å². The van der Waals surface area contributed by atoms with E-state index in [-0.39, 0.29) is 17.9 Å². The molecule has 2 rings (SSSR count). The van der Waals surface area contributed by atoms with Crippen molar-refractivity contribution in [1.29, 1.82) is 0 Å². The minimum absolute atomic E-state index is 0.0409. The summed E-state index contributed by atoms with van der Waals surface area (Å²) in [7, 11) is 0. The topological polar surface area (TPSA) is 92.0 Å². The lowest BCUT2D eigenvalue weighted by atomic mass is 9.98. The molecule has 3 N–H and O–H groups in total. The lowest BCUT2D eigenvalue weighted by molar-refractivity contribution is -0.379. The summed E-state index contributed by atoms with van der Waals surface area (Å²) in [5, 5.41) is 19.4. The molecule has 0 spiro atoms. The van der Waals surface area contributed by atoms with Crippen LogP contribution in [0.3, 0.4) is 0 Å². The van der Waals surface area contributed by atoms with E-state index in [0.29, 0.717) is 5.56 Å². The summed E-state index contributed by atoms with van der Waals surface area (Å²) in [6, 6.07) is 2.82. The van der Waals surface area contributed by atoms with Crippen LogP contribution in [0.1, 0.15) is 25.5 Å². The van der Waals surface area contributed by atoms with Gasteiger partial charge in [0.25, 0.3) is 5.91 Å². The summed E-state index contributed by atoms with van der Waals surface area (Å²) in [4.78, 5) is 28.0. The number of H-pyrrole nitrogens is 1. The fourth-order valence-electron chi connectivity index (χ4n) is 2.41. The molecule has 0 fully saturated rings. The molecule has 1 amide bonds. The maximum atomic E-state index is 12.1. The highest BCUT2D eigenvalue weighted by molar-refractivity contribution is 6.08. The largest absolute Gasteiger partial charge is 0.503 e. The normalized spacial score (nSPS) is 20.4. The molecule has 6 heteroatoms. The average Bonchev–Trinajstić information content (AvgIpc) is 2.64. The molecule has 0 aliphatic carbocycles. The Kier molecular flexibility index (Phi) is 3.85. The van der Waals surface area contributed by atoms with Crippen LogP contribution in [-0.2, 0) is 9.59 Å². The van der Waals surface area contributed by atoms with Gasteiger partial charge in [0.2, 0.25) is 0 Å². The van der Waals surface area contributed by atoms with E-state index in [4.69, 9.17) is 0 Å². The molecule has 2 heterocycles. The Hall–Kier alpha value is -2.21. The van der Waals surface area contributed by atoms with E-state index in [0.717, 1.165) is 0 Å². The molecule has 0 saturated carbocycles. The number of β-amino-alcohol motifs (C(OH)–C–C–N with tert-alkyl or cyclic N) is 1. The van der Waals surface area contributed by atoms with E-state index in [1.54, 1.807) is 31.5 Å². The summed E-state index contributed by atoms with van der Waals surface area (Å²) in [6.07, 6.45) is 2.61. The summed E-state index contributed by atoms with van der Waals surface area (Å²) < 4.78 is 0. The van der Waals surface area contributed by atoms with Crippen molar-refractivity contribution >= 4 is 11.7 Å². The number of hydrogen-bond acceptors (Lipinski definition) is 4. The van der Waals surface area contributed by atoms with Gasteiger partial charge in [-0.3, -0.25) is 9.59 Å². The van der Waals surface area contributed by atoms with Crippen LogP contribution in [0.4, 0.5) is 0 Å². The van der Waals surface area contributed by atoms with E-state index < -0.39 is 23.8 Å². The lowest BCUT2D eigenvalue weighted by Crippen LogP contribution is -2.36. The molecule has 0 aromatic carbocycles. The third-order valence-electron chi connectivity index (χ3n) is 3.19. The van der Waals surface area contributed by atoms with Crippen LogP contribution in [0.2, 0.25) is 0 Å². The molecule has 1 aromatic rings. The number of nitrogens with one attached hydrogen (secondary N) is 1. The van der Waals surface area contributed by atoms with Gasteiger partial charge in [-0.2, -0.15) is 0 Å². The zero-order valence-corrected chi connectivity index (χ0v) is 11.3. The third kappa shape index (κ3) is 2.42. The zero-order chi connectivity index (χ0) is 14.9. The molecule has 1 aliphatic heterocycles. The van der Waals surface area contributed by atoms with Gasteiger partial charge in [0, 0.05) is 18.2 Å². The molecule has 0 radical (unpaired) electrons. The molecule has 1 aromatic heterocycles. The standard InChI is InChI=1S/C14H16N2O4/c1-8(17)7-16-12(10-4-3-5-15-6-10)11(9(2)18)13(19)14(16)20/h3-6,8,12,17,19H,7H2,1-2H3/p+1. The van der Waals surface area contributed by atoms with Gasteiger partial charge in [0.05, 0.1) is 17.7 Å². The molecule has 2 atom stereocenters. The highest BCUT2D eigenvalue weighted by atomic mass is 16.3. The Bertz CT molecular complexity index is 566. The Labute approximate surface area is 116 Å². The van der Waals surface area contributed by atoms with Crippen molar-refractivity contribution in [2.24, 2.45) is 0 Å². The fourth-order valence-corrected chi connectivity index (χ4v) is 2.41. The summed E-state index contributed by atoms with van der Waals surface area (Å²) in [5.41, 5.74) is 0.742.